The fourth-order valence-electron chi connectivity index (χ4n) is 2.49. The predicted molar refractivity (Wildman–Crippen MR) is 105 cm³/mol. The third-order valence-corrected chi connectivity index (χ3v) is 3.93. The molecular formula is C19H28N4O6. The zero-order valence-corrected chi connectivity index (χ0v) is 16.5. The Morgan fingerprint density at radius 1 is 1.00 bits per heavy atom. The van der Waals surface area contributed by atoms with Gasteiger partial charge < -0.3 is 31.9 Å². The number of benzene rings is 1. The number of amides is 3. The Balaban J connectivity index is 2.62. The number of hydrogen-bond donors (Lipinski definition) is 6. The molecule has 0 heterocycles. The Kier molecular flexibility index (Phi) is 9.60. The van der Waals surface area contributed by atoms with Gasteiger partial charge in [-0.1, -0.05) is 26.0 Å². The van der Waals surface area contributed by atoms with Gasteiger partial charge in [-0.15, -0.1) is 0 Å². The van der Waals surface area contributed by atoms with Crippen LogP contribution < -0.4 is 21.7 Å². The van der Waals surface area contributed by atoms with E-state index in [4.69, 9.17) is 10.8 Å². The van der Waals surface area contributed by atoms with E-state index in [9.17, 15) is 24.3 Å². The minimum atomic E-state index is -1.20. The summed E-state index contributed by atoms with van der Waals surface area (Å²) in [5, 5.41) is 24.9. The first kappa shape index (κ1) is 23.9. The van der Waals surface area contributed by atoms with E-state index in [2.05, 4.69) is 16.0 Å². The molecule has 7 N–H and O–H groups in total. The van der Waals surface area contributed by atoms with Crippen LogP contribution in [0, 0.1) is 5.92 Å². The molecule has 0 aromatic heterocycles. The zero-order chi connectivity index (χ0) is 22.0. The molecule has 0 saturated carbocycles. The highest BCUT2D eigenvalue weighted by Crippen LogP contribution is 2.11. The van der Waals surface area contributed by atoms with Gasteiger partial charge in [-0.05, 0) is 36.5 Å². The molecule has 2 atom stereocenters. The van der Waals surface area contributed by atoms with Crippen LogP contribution in [0.3, 0.4) is 0 Å². The largest absolute Gasteiger partial charge is 0.508 e. The normalized spacial score (nSPS) is 12.7. The predicted octanol–water partition coefficient (Wildman–Crippen LogP) is -0.890. The molecule has 0 saturated heterocycles. The molecule has 0 fully saturated rings. The molecule has 1 rings (SSSR count). The van der Waals surface area contributed by atoms with Crippen LogP contribution in [0.4, 0.5) is 0 Å². The minimum absolute atomic E-state index is 0.0835. The Bertz CT molecular complexity index is 720. The van der Waals surface area contributed by atoms with E-state index >= 15 is 0 Å². The SMILES string of the molecule is CC(C)CC(NC(=O)C(N)Cc1ccc(O)cc1)C(=O)NCC(=O)NCC(=O)O. The molecule has 0 aliphatic rings. The maximum Gasteiger partial charge on any atom is 0.322 e. The van der Waals surface area contributed by atoms with Crippen molar-refractivity contribution in [2.45, 2.75) is 38.8 Å². The summed E-state index contributed by atoms with van der Waals surface area (Å²) in [4.78, 5) is 46.8. The molecular weight excluding hydrogens is 380 g/mol. The summed E-state index contributed by atoms with van der Waals surface area (Å²) in [6.45, 7) is 2.80. The van der Waals surface area contributed by atoms with Crippen molar-refractivity contribution in [3.8, 4) is 5.75 Å². The number of carboxylic acids is 1. The molecule has 2 unspecified atom stereocenters. The number of carbonyl (C=O) groups excluding carboxylic acids is 3. The van der Waals surface area contributed by atoms with Crippen molar-refractivity contribution in [1.29, 1.82) is 0 Å². The number of carbonyl (C=O) groups is 4. The van der Waals surface area contributed by atoms with E-state index in [1.165, 1.54) is 12.1 Å². The first-order chi connectivity index (χ1) is 13.6. The second kappa shape index (κ2) is 11.6. The fraction of sp³-hybridized carbons (Fsp3) is 0.474. The third kappa shape index (κ3) is 9.56. The van der Waals surface area contributed by atoms with E-state index < -0.39 is 48.9 Å². The number of nitrogens with two attached hydrogens (primary N) is 1. The van der Waals surface area contributed by atoms with Crippen molar-refractivity contribution < 1.29 is 29.4 Å². The number of phenolic OH excluding ortho intramolecular Hbond substituents is 1. The van der Waals surface area contributed by atoms with Gasteiger partial charge in [-0.2, -0.15) is 0 Å². The molecule has 160 valence electrons. The highest BCUT2D eigenvalue weighted by molar-refractivity contribution is 5.92. The van der Waals surface area contributed by atoms with Crippen molar-refractivity contribution in [3.63, 3.8) is 0 Å². The summed E-state index contributed by atoms with van der Waals surface area (Å²) in [5.41, 5.74) is 6.69. The molecule has 1 aromatic carbocycles. The van der Waals surface area contributed by atoms with Crippen LogP contribution in [0.1, 0.15) is 25.8 Å². The van der Waals surface area contributed by atoms with Gasteiger partial charge in [-0.25, -0.2) is 0 Å². The number of aliphatic carboxylic acids is 1. The van der Waals surface area contributed by atoms with Crippen LogP contribution in [0.2, 0.25) is 0 Å². The number of nitrogens with one attached hydrogen (secondary N) is 3. The van der Waals surface area contributed by atoms with Gasteiger partial charge >= 0.3 is 5.97 Å². The number of carboxylic acid groups (broad SMARTS) is 1. The van der Waals surface area contributed by atoms with Crippen LogP contribution >= 0.6 is 0 Å². The van der Waals surface area contributed by atoms with Gasteiger partial charge in [0, 0.05) is 0 Å². The van der Waals surface area contributed by atoms with Crippen LogP contribution in [-0.4, -0.2) is 59.1 Å². The summed E-state index contributed by atoms with van der Waals surface area (Å²) in [5.74, 6) is -2.74. The Morgan fingerprint density at radius 3 is 2.17 bits per heavy atom. The first-order valence-electron chi connectivity index (χ1n) is 9.18. The van der Waals surface area contributed by atoms with Crippen molar-refractivity contribution in [2.75, 3.05) is 13.1 Å². The first-order valence-corrected chi connectivity index (χ1v) is 9.18. The second-order valence-electron chi connectivity index (χ2n) is 7.06. The lowest BCUT2D eigenvalue weighted by molar-refractivity contribution is -0.138. The van der Waals surface area contributed by atoms with Gasteiger partial charge in [0.05, 0.1) is 12.6 Å². The van der Waals surface area contributed by atoms with Gasteiger partial charge in [0.2, 0.25) is 17.7 Å². The van der Waals surface area contributed by atoms with Crippen molar-refractivity contribution >= 4 is 23.7 Å². The van der Waals surface area contributed by atoms with Gasteiger partial charge in [-0.3, -0.25) is 19.2 Å². The van der Waals surface area contributed by atoms with E-state index in [1.807, 2.05) is 13.8 Å². The maximum absolute atomic E-state index is 12.4. The minimum Gasteiger partial charge on any atom is -0.508 e. The quantitative estimate of drug-likeness (QED) is 0.276. The second-order valence-corrected chi connectivity index (χ2v) is 7.06. The fourth-order valence-corrected chi connectivity index (χ4v) is 2.49. The Hall–Kier alpha value is -3.14. The summed E-state index contributed by atoms with van der Waals surface area (Å²) < 4.78 is 0. The Labute approximate surface area is 168 Å². The zero-order valence-electron chi connectivity index (χ0n) is 16.5. The lowest BCUT2D eigenvalue weighted by Gasteiger charge is -2.22. The smallest absolute Gasteiger partial charge is 0.322 e. The van der Waals surface area contributed by atoms with Gasteiger partial charge in [0.15, 0.2) is 0 Å². The molecule has 0 aliphatic heterocycles. The number of rotatable bonds is 11. The van der Waals surface area contributed by atoms with Gasteiger partial charge in [0.1, 0.15) is 18.3 Å². The standard InChI is InChI=1S/C19H28N4O6/c1-11(2)7-15(19(29)22-9-16(25)21-10-17(26)27)23-18(28)14(20)8-12-3-5-13(24)6-4-12/h3-6,11,14-15,24H,7-10,20H2,1-2H3,(H,21,25)(H,22,29)(H,23,28)(H,26,27). The third-order valence-electron chi connectivity index (χ3n) is 3.93. The van der Waals surface area contributed by atoms with E-state index in [0.717, 1.165) is 5.56 Å². The molecule has 1 aromatic rings. The van der Waals surface area contributed by atoms with Crippen LogP contribution in [0.15, 0.2) is 24.3 Å². The Morgan fingerprint density at radius 2 is 1.62 bits per heavy atom. The summed E-state index contributed by atoms with van der Waals surface area (Å²) in [6, 6.07) is 4.49. The van der Waals surface area contributed by atoms with E-state index in [-0.39, 0.29) is 18.1 Å². The average molecular weight is 408 g/mol. The maximum atomic E-state index is 12.4. The van der Waals surface area contributed by atoms with Crippen molar-refractivity contribution in [3.05, 3.63) is 29.8 Å². The van der Waals surface area contributed by atoms with Crippen LogP contribution in [-0.2, 0) is 25.6 Å². The average Bonchev–Trinajstić information content (AvgIpc) is 2.65. The molecule has 3 amide bonds. The van der Waals surface area contributed by atoms with Crippen molar-refractivity contribution in [2.24, 2.45) is 11.7 Å². The molecule has 29 heavy (non-hydrogen) atoms. The number of aromatic hydroxyl groups is 1. The van der Waals surface area contributed by atoms with Crippen LogP contribution in [0.5, 0.6) is 5.75 Å². The summed E-state index contributed by atoms with van der Waals surface area (Å²) in [6.07, 6.45) is 0.556. The molecule has 0 spiro atoms. The van der Waals surface area contributed by atoms with Crippen LogP contribution in [0.25, 0.3) is 0 Å². The molecule has 0 bridgehead atoms. The highest BCUT2D eigenvalue weighted by atomic mass is 16.4. The lowest BCUT2D eigenvalue weighted by atomic mass is 10.0. The molecule has 10 heteroatoms. The molecule has 0 aliphatic carbocycles. The molecule has 0 radical (unpaired) electrons. The summed E-state index contributed by atoms with van der Waals surface area (Å²) in [7, 11) is 0. The monoisotopic (exact) mass is 408 g/mol. The van der Waals surface area contributed by atoms with Gasteiger partial charge in [0.25, 0.3) is 0 Å². The van der Waals surface area contributed by atoms with E-state index in [1.54, 1.807) is 12.1 Å². The number of phenols is 1. The van der Waals surface area contributed by atoms with E-state index in [0.29, 0.717) is 6.42 Å². The number of hydrogen-bond acceptors (Lipinski definition) is 6. The summed E-state index contributed by atoms with van der Waals surface area (Å²) >= 11 is 0. The lowest BCUT2D eigenvalue weighted by Crippen LogP contribution is -2.53. The topological polar surface area (TPSA) is 171 Å². The highest BCUT2D eigenvalue weighted by Gasteiger charge is 2.25. The molecule has 10 nitrogen and oxygen atoms in total. The van der Waals surface area contributed by atoms with Crippen molar-refractivity contribution in [1.82, 2.24) is 16.0 Å².